The van der Waals surface area contributed by atoms with Crippen LogP contribution in [0.15, 0.2) is 18.5 Å². The first kappa shape index (κ1) is 12.8. The lowest BCUT2D eigenvalue weighted by atomic mass is 10.2. The number of fused-ring (bicyclic) bond motifs is 1. The number of hydrogen-bond donors (Lipinski definition) is 1. The van der Waals surface area contributed by atoms with E-state index in [9.17, 15) is 0 Å². The smallest absolute Gasteiger partial charge is 0.157 e. The van der Waals surface area contributed by atoms with Gasteiger partial charge in [0.15, 0.2) is 5.65 Å². The van der Waals surface area contributed by atoms with Gasteiger partial charge in [0.1, 0.15) is 12.1 Å². The van der Waals surface area contributed by atoms with E-state index in [0.717, 1.165) is 37.4 Å². The molecule has 0 bridgehead atoms. The Balaban J connectivity index is 2.38. The molecule has 2 heterocycles. The lowest BCUT2D eigenvalue weighted by Crippen LogP contribution is -2.29. The second-order valence-electron chi connectivity index (χ2n) is 4.55. The summed E-state index contributed by atoms with van der Waals surface area (Å²) < 4.78 is 1.90. The third-order valence-electron chi connectivity index (χ3n) is 2.95. The maximum absolute atomic E-state index is 5.61. The van der Waals surface area contributed by atoms with Gasteiger partial charge in [-0.1, -0.05) is 6.92 Å². The molecule has 0 unspecified atom stereocenters. The number of rotatable bonds is 6. The highest BCUT2D eigenvalue weighted by atomic mass is 15.4. The molecule has 0 aromatic carbocycles. The van der Waals surface area contributed by atoms with Gasteiger partial charge in [-0.15, -0.1) is 0 Å². The summed E-state index contributed by atoms with van der Waals surface area (Å²) in [5.41, 5.74) is 7.72. The zero-order valence-corrected chi connectivity index (χ0v) is 11.1. The Hall–Kier alpha value is -1.62. The van der Waals surface area contributed by atoms with E-state index in [4.69, 9.17) is 5.73 Å². The van der Waals surface area contributed by atoms with Crippen LogP contribution in [0.4, 0.5) is 5.82 Å². The first-order chi connectivity index (χ1) is 8.76. The fourth-order valence-corrected chi connectivity index (χ4v) is 2.15. The highest BCUT2D eigenvalue weighted by Crippen LogP contribution is 2.18. The molecule has 0 spiro atoms. The predicted molar refractivity (Wildman–Crippen MR) is 73.9 cm³/mol. The maximum atomic E-state index is 5.61. The number of aryl methyl sites for hydroxylation is 1. The molecule has 2 aromatic rings. The third-order valence-corrected chi connectivity index (χ3v) is 2.95. The van der Waals surface area contributed by atoms with Crippen molar-refractivity contribution in [2.45, 2.75) is 26.7 Å². The number of pyridine rings is 1. The van der Waals surface area contributed by atoms with Crippen molar-refractivity contribution in [3.63, 3.8) is 0 Å². The van der Waals surface area contributed by atoms with Gasteiger partial charge in [0.05, 0.1) is 0 Å². The molecule has 0 radical (unpaired) electrons. The Morgan fingerprint density at radius 3 is 2.89 bits per heavy atom. The Labute approximate surface area is 108 Å². The van der Waals surface area contributed by atoms with Crippen LogP contribution < -0.4 is 10.6 Å². The predicted octanol–water partition coefficient (Wildman–Crippen LogP) is 1.60. The van der Waals surface area contributed by atoms with Crippen LogP contribution >= 0.6 is 0 Å². The van der Waals surface area contributed by atoms with Crippen LogP contribution in [0.3, 0.4) is 0 Å². The number of nitrogens with zero attached hydrogens (tertiary/aromatic N) is 4. The van der Waals surface area contributed by atoms with Crippen molar-refractivity contribution < 1.29 is 0 Å². The van der Waals surface area contributed by atoms with Crippen molar-refractivity contribution in [1.29, 1.82) is 0 Å². The van der Waals surface area contributed by atoms with Crippen molar-refractivity contribution in [2.75, 3.05) is 24.5 Å². The van der Waals surface area contributed by atoms with E-state index in [2.05, 4.69) is 34.9 Å². The lowest BCUT2D eigenvalue weighted by Gasteiger charge is -2.24. The molecule has 2 rings (SSSR count). The Morgan fingerprint density at radius 2 is 2.17 bits per heavy atom. The van der Waals surface area contributed by atoms with Crippen molar-refractivity contribution in [3.8, 4) is 0 Å². The zero-order valence-electron chi connectivity index (χ0n) is 11.1. The topological polar surface area (TPSA) is 59.5 Å². The quantitative estimate of drug-likeness (QED) is 0.842. The van der Waals surface area contributed by atoms with Crippen LogP contribution in [-0.4, -0.2) is 34.2 Å². The molecule has 98 valence electrons. The Bertz CT molecular complexity index is 505. The second-order valence-corrected chi connectivity index (χ2v) is 4.55. The first-order valence-electron chi connectivity index (χ1n) is 6.51. The van der Waals surface area contributed by atoms with E-state index in [-0.39, 0.29) is 0 Å². The summed E-state index contributed by atoms with van der Waals surface area (Å²) >= 11 is 0. The van der Waals surface area contributed by atoms with Crippen LogP contribution in [0.25, 0.3) is 5.65 Å². The normalized spacial score (nSPS) is 11.1. The molecule has 5 heteroatoms. The standard InChI is InChI=1S/C13H21N5/c1-3-6-17(7-4-5-14)13-9-11(2)8-12-15-10-16-18(12)13/h8-10H,3-7,14H2,1-2H3. The first-order valence-corrected chi connectivity index (χ1v) is 6.51. The van der Waals surface area contributed by atoms with Gasteiger partial charge in [0.25, 0.3) is 0 Å². The van der Waals surface area contributed by atoms with Crippen molar-refractivity contribution in [1.82, 2.24) is 14.6 Å². The van der Waals surface area contributed by atoms with Crippen LogP contribution in [0.5, 0.6) is 0 Å². The van der Waals surface area contributed by atoms with Gasteiger partial charge in [-0.25, -0.2) is 4.98 Å². The molecular formula is C13H21N5. The number of anilines is 1. The van der Waals surface area contributed by atoms with Crippen molar-refractivity contribution >= 4 is 11.5 Å². The number of aromatic nitrogens is 3. The van der Waals surface area contributed by atoms with Crippen LogP contribution in [0, 0.1) is 6.92 Å². The molecule has 0 aliphatic rings. The largest absolute Gasteiger partial charge is 0.356 e. The lowest BCUT2D eigenvalue weighted by molar-refractivity contribution is 0.698. The van der Waals surface area contributed by atoms with Gasteiger partial charge in [0, 0.05) is 13.1 Å². The third kappa shape index (κ3) is 2.61. The minimum atomic E-state index is 0.715. The van der Waals surface area contributed by atoms with Crippen LogP contribution in [0.1, 0.15) is 25.3 Å². The average Bonchev–Trinajstić information content (AvgIpc) is 2.81. The summed E-state index contributed by atoms with van der Waals surface area (Å²) in [5, 5.41) is 4.30. The number of hydrogen-bond acceptors (Lipinski definition) is 4. The second kappa shape index (κ2) is 5.82. The summed E-state index contributed by atoms with van der Waals surface area (Å²) in [6.45, 7) is 6.96. The van der Waals surface area contributed by atoms with E-state index in [1.807, 2.05) is 10.6 Å². The fraction of sp³-hybridized carbons (Fsp3) is 0.538. The molecule has 0 saturated heterocycles. The molecule has 0 fully saturated rings. The Morgan fingerprint density at radius 1 is 1.33 bits per heavy atom. The zero-order chi connectivity index (χ0) is 13.0. The maximum Gasteiger partial charge on any atom is 0.157 e. The summed E-state index contributed by atoms with van der Waals surface area (Å²) in [6, 6.07) is 4.21. The van der Waals surface area contributed by atoms with Gasteiger partial charge < -0.3 is 10.6 Å². The summed E-state index contributed by atoms with van der Waals surface area (Å²) in [4.78, 5) is 6.60. The molecule has 2 aromatic heterocycles. The molecule has 0 atom stereocenters. The molecule has 5 nitrogen and oxygen atoms in total. The van der Waals surface area contributed by atoms with E-state index < -0.39 is 0 Å². The fourth-order valence-electron chi connectivity index (χ4n) is 2.15. The molecule has 0 amide bonds. The molecule has 0 aliphatic heterocycles. The average molecular weight is 247 g/mol. The van der Waals surface area contributed by atoms with E-state index in [1.165, 1.54) is 5.56 Å². The van der Waals surface area contributed by atoms with Gasteiger partial charge in [-0.2, -0.15) is 9.61 Å². The van der Waals surface area contributed by atoms with Gasteiger partial charge in [-0.3, -0.25) is 0 Å². The SMILES string of the molecule is CCCN(CCCN)c1cc(C)cc2ncnn12. The molecule has 0 aliphatic carbocycles. The van der Waals surface area contributed by atoms with Crippen LogP contribution in [0.2, 0.25) is 0 Å². The highest BCUT2D eigenvalue weighted by Gasteiger charge is 2.11. The molecule has 0 saturated carbocycles. The highest BCUT2D eigenvalue weighted by molar-refractivity contribution is 5.52. The minimum absolute atomic E-state index is 0.715. The summed E-state index contributed by atoms with van der Waals surface area (Å²) in [5.74, 6) is 1.11. The summed E-state index contributed by atoms with van der Waals surface area (Å²) in [7, 11) is 0. The monoisotopic (exact) mass is 247 g/mol. The molecular weight excluding hydrogens is 226 g/mol. The van der Waals surface area contributed by atoms with E-state index >= 15 is 0 Å². The van der Waals surface area contributed by atoms with Gasteiger partial charge >= 0.3 is 0 Å². The molecule has 18 heavy (non-hydrogen) atoms. The van der Waals surface area contributed by atoms with Crippen LogP contribution in [-0.2, 0) is 0 Å². The van der Waals surface area contributed by atoms with E-state index in [1.54, 1.807) is 6.33 Å². The summed E-state index contributed by atoms with van der Waals surface area (Å²) in [6.07, 6.45) is 3.70. The Kier molecular flexibility index (Phi) is 4.15. The van der Waals surface area contributed by atoms with E-state index in [0.29, 0.717) is 6.54 Å². The van der Waals surface area contributed by atoms with Gasteiger partial charge in [-0.05, 0) is 44.0 Å². The minimum Gasteiger partial charge on any atom is -0.356 e. The van der Waals surface area contributed by atoms with Crippen molar-refractivity contribution in [3.05, 3.63) is 24.0 Å². The van der Waals surface area contributed by atoms with Gasteiger partial charge in [0.2, 0.25) is 0 Å². The van der Waals surface area contributed by atoms with Crippen molar-refractivity contribution in [2.24, 2.45) is 5.73 Å². The number of nitrogens with two attached hydrogens (primary N) is 1. The molecule has 2 N–H and O–H groups in total.